The fourth-order valence-corrected chi connectivity index (χ4v) is 3.05. The summed E-state index contributed by atoms with van der Waals surface area (Å²) in [6.07, 6.45) is 1.87. The maximum atomic E-state index is 11.5. The molecule has 1 heterocycles. The van der Waals surface area contributed by atoms with E-state index in [0.29, 0.717) is 6.04 Å². The predicted octanol–water partition coefficient (Wildman–Crippen LogP) is 2.40. The second-order valence-corrected chi connectivity index (χ2v) is 6.42. The lowest BCUT2D eigenvalue weighted by Gasteiger charge is -2.25. The smallest absolute Gasteiger partial charge is 0.240 e. The Kier molecular flexibility index (Phi) is 5.05. The molecule has 1 unspecified atom stereocenters. The number of nitrogens with two attached hydrogens (primary N) is 1. The topological polar surface area (TPSA) is 58.4 Å². The number of nitrogens with zero attached hydrogens (tertiary/aromatic N) is 1. The maximum absolute atomic E-state index is 11.5. The molecule has 5 heteroatoms. The van der Waals surface area contributed by atoms with Crippen molar-refractivity contribution in [3.63, 3.8) is 0 Å². The molecule has 1 aromatic carbocycles. The minimum Gasteiger partial charge on any atom is -0.368 e. The van der Waals surface area contributed by atoms with E-state index < -0.39 is 0 Å². The van der Waals surface area contributed by atoms with Crippen LogP contribution in [0.3, 0.4) is 0 Å². The summed E-state index contributed by atoms with van der Waals surface area (Å²) in [6.45, 7) is 5.98. The van der Waals surface area contributed by atoms with Crippen LogP contribution >= 0.6 is 15.9 Å². The molecule has 0 saturated carbocycles. The van der Waals surface area contributed by atoms with Gasteiger partial charge in [0.1, 0.15) is 6.04 Å². The van der Waals surface area contributed by atoms with Gasteiger partial charge in [0.15, 0.2) is 0 Å². The average Bonchev–Trinajstić information content (AvgIpc) is 2.86. The Labute approximate surface area is 128 Å². The summed E-state index contributed by atoms with van der Waals surface area (Å²) in [5.74, 6) is -0.232. The van der Waals surface area contributed by atoms with E-state index >= 15 is 0 Å². The Balaban J connectivity index is 2.14. The van der Waals surface area contributed by atoms with Gasteiger partial charge in [0.2, 0.25) is 5.91 Å². The number of amides is 1. The number of anilines is 1. The Morgan fingerprint density at radius 3 is 2.90 bits per heavy atom. The second kappa shape index (κ2) is 6.59. The van der Waals surface area contributed by atoms with E-state index in [1.54, 1.807) is 0 Å². The van der Waals surface area contributed by atoms with Crippen LogP contribution < -0.4 is 16.0 Å². The fraction of sp³-hybridized carbons (Fsp3) is 0.533. The summed E-state index contributed by atoms with van der Waals surface area (Å²) in [7, 11) is 0. The van der Waals surface area contributed by atoms with Crippen molar-refractivity contribution in [2.24, 2.45) is 5.73 Å². The number of hydrogen-bond donors (Lipinski definition) is 2. The molecule has 3 N–H and O–H groups in total. The molecule has 1 aliphatic heterocycles. The van der Waals surface area contributed by atoms with Crippen molar-refractivity contribution in [1.82, 2.24) is 5.32 Å². The van der Waals surface area contributed by atoms with Crippen molar-refractivity contribution >= 4 is 27.5 Å². The summed E-state index contributed by atoms with van der Waals surface area (Å²) >= 11 is 3.62. The van der Waals surface area contributed by atoms with Crippen LogP contribution in [0, 0.1) is 0 Å². The van der Waals surface area contributed by atoms with E-state index in [1.165, 1.54) is 5.56 Å². The Hall–Kier alpha value is -1.07. The van der Waals surface area contributed by atoms with Crippen molar-refractivity contribution in [3.05, 3.63) is 28.2 Å². The molecule has 1 atom stereocenters. The summed E-state index contributed by atoms with van der Waals surface area (Å²) in [5, 5.41) is 3.40. The van der Waals surface area contributed by atoms with Crippen molar-refractivity contribution in [2.45, 2.75) is 45.3 Å². The number of benzene rings is 1. The number of rotatable bonds is 5. The molecular formula is C15H22BrN3O. The van der Waals surface area contributed by atoms with Gasteiger partial charge in [-0.1, -0.05) is 35.8 Å². The number of carbonyl (C=O) groups excluding carboxylic acids is 1. The highest BCUT2D eigenvalue weighted by Gasteiger charge is 2.29. The van der Waals surface area contributed by atoms with Gasteiger partial charge in [0, 0.05) is 29.3 Å². The van der Waals surface area contributed by atoms with Gasteiger partial charge in [-0.15, -0.1) is 0 Å². The first-order valence-electron chi connectivity index (χ1n) is 7.07. The van der Waals surface area contributed by atoms with Crippen LogP contribution in [0.2, 0.25) is 0 Å². The third kappa shape index (κ3) is 3.52. The molecule has 0 spiro atoms. The molecule has 1 aliphatic rings. The molecule has 1 saturated heterocycles. The SMILES string of the molecule is CC(C)NCc1ccc(N2CCCC2C(N)=O)cc1Br. The number of hydrogen-bond acceptors (Lipinski definition) is 3. The third-order valence-corrected chi connectivity index (χ3v) is 4.39. The first-order valence-corrected chi connectivity index (χ1v) is 7.86. The fourth-order valence-electron chi connectivity index (χ4n) is 2.54. The van der Waals surface area contributed by atoms with Crippen LogP contribution in [0.25, 0.3) is 0 Å². The van der Waals surface area contributed by atoms with Crippen molar-refractivity contribution in [2.75, 3.05) is 11.4 Å². The average molecular weight is 340 g/mol. The van der Waals surface area contributed by atoms with Crippen LogP contribution in [0.1, 0.15) is 32.3 Å². The predicted molar refractivity (Wildman–Crippen MR) is 85.7 cm³/mol. The molecule has 2 rings (SSSR count). The molecule has 20 heavy (non-hydrogen) atoms. The number of nitrogens with one attached hydrogen (secondary N) is 1. The summed E-state index contributed by atoms with van der Waals surface area (Å²) in [5.41, 5.74) is 7.75. The Morgan fingerprint density at radius 1 is 1.55 bits per heavy atom. The zero-order valence-electron chi connectivity index (χ0n) is 12.0. The van der Waals surface area contributed by atoms with Gasteiger partial charge in [0.25, 0.3) is 0 Å². The van der Waals surface area contributed by atoms with Crippen molar-refractivity contribution in [1.29, 1.82) is 0 Å². The molecule has 0 aliphatic carbocycles. The lowest BCUT2D eigenvalue weighted by molar-refractivity contribution is -0.119. The normalized spacial score (nSPS) is 18.8. The van der Waals surface area contributed by atoms with Crippen LogP contribution in [0.5, 0.6) is 0 Å². The lowest BCUT2D eigenvalue weighted by atomic mass is 10.1. The first kappa shape index (κ1) is 15.3. The third-order valence-electron chi connectivity index (χ3n) is 3.65. The molecule has 1 fully saturated rings. The first-order chi connectivity index (χ1) is 9.49. The minimum absolute atomic E-state index is 0.165. The van der Waals surface area contributed by atoms with E-state index in [0.717, 1.165) is 36.1 Å². The monoisotopic (exact) mass is 339 g/mol. The lowest BCUT2D eigenvalue weighted by Crippen LogP contribution is -2.40. The van der Waals surface area contributed by atoms with Gasteiger partial charge in [-0.05, 0) is 30.5 Å². The zero-order chi connectivity index (χ0) is 14.7. The highest BCUT2D eigenvalue weighted by molar-refractivity contribution is 9.10. The quantitative estimate of drug-likeness (QED) is 0.865. The second-order valence-electron chi connectivity index (χ2n) is 5.57. The van der Waals surface area contributed by atoms with Crippen LogP contribution in [-0.2, 0) is 11.3 Å². The summed E-state index contributed by atoms with van der Waals surface area (Å²) < 4.78 is 1.07. The molecule has 110 valence electrons. The Morgan fingerprint density at radius 2 is 2.30 bits per heavy atom. The van der Waals surface area contributed by atoms with E-state index in [2.05, 4.69) is 58.2 Å². The molecule has 0 radical (unpaired) electrons. The molecule has 0 bridgehead atoms. The molecule has 0 aromatic heterocycles. The van der Waals surface area contributed by atoms with Crippen LogP contribution in [0.4, 0.5) is 5.69 Å². The van der Waals surface area contributed by atoms with Gasteiger partial charge in [-0.2, -0.15) is 0 Å². The van der Waals surface area contributed by atoms with E-state index in [9.17, 15) is 4.79 Å². The van der Waals surface area contributed by atoms with E-state index in [1.807, 2.05) is 0 Å². The molecular weight excluding hydrogens is 318 g/mol. The van der Waals surface area contributed by atoms with Gasteiger partial charge in [0.05, 0.1) is 0 Å². The minimum atomic E-state index is -0.232. The summed E-state index contributed by atoms with van der Waals surface area (Å²) in [6, 6.07) is 6.55. The van der Waals surface area contributed by atoms with Crippen molar-refractivity contribution < 1.29 is 4.79 Å². The molecule has 1 amide bonds. The standard InChI is InChI=1S/C15H22BrN3O/c1-10(2)18-9-11-5-6-12(8-13(11)16)19-7-3-4-14(19)15(17)20/h5-6,8,10,14,18H,3-4,7,9H2,1-2H3,(H2,17,20). The molecule has 4 nitrogen and oxygen atoms in total. The van der Waals surface area contributed by atoms with Gasteiger partial charge in [-0.25, -0.2) is 0 Å². The zero-order valence-corrected chi connectivity index (χ0v) is 13.6. The van der Waals surface area contributed by atoms with E-state index in [4.69, 9.17) is 5.73 Å². The summed E-state index contributed by atoms with van der Waals surface area (Å²) in [4.78, 5) is 13.6. The highest BCUT2D eigenvalue weighted by Crippen LogP contribution is 2.29. The Bertz CT molecular complexity index is 490. The van der Waals surface area contributed by atoms with E-state index in [-0.39, 0.29) is 11.9 Å². The molecule has 1 aromatic rings. The number of carbonyl (C=O) groups is 1. The van der Waals surface area contributed by atoms with Crippen molar-refractivity contribution in [3.8, 4) is 0 Å². The number of primary amides is 1. The van der Waals surface area contributed by atoms with Crippen LogP contribution in [-0.4, -0.2) is 24.5 Å². The number of halogens is 1. The van der Waals surface area contributed by atoms with Gasteiger partial charge in [-0.3, -0.25) is 4.79 Å². The van der Waals surface area contributed by atoms with Gasteiger partial charge < -0.3 is 16.0 Å². The largest absolute Gasteiger partial charge is 0.368 e. The maximum Gasteiger partial charge on any atom is 0.240 e. The van der Waals surface area contributed by atoms with Crippen LogP contribution in [0.15, 0.2) is 22.7 Å². The van der Waals surface area contributed by atoms with Gasteiger partial charge >= 0.3 is 0 Å². The highest BCUT2D eigenvalue weighted by atomic mass is 79.9.